The summed E-state index contributed by atoms with van der Waals surface area (Å²) in [6.45, 7) is 1.63. The molecule has 0 fully saturated rings. The topological polar surface area (TPSA) is 103 Å². The van der Waals surface area contributed by atoms with E-state index in [2.05, 4.69) is 31.4 Å². The van der Waals surface area contributed by atoms with Crippen LogP contribution >= 0.6 is 27.7 Å². The van der Waals surface area contributed by atoms with Crippen molar-refractivity contribution in [2.75, 3.05) is 0 Å². The van der Waals surface area contributed by atoms with Crippen molar-refractivity contribution in [3.63, 3.8) is 0 Å². The Kier molecular flexibility index (Phi) is 7.57. The van der Waals surface area contributed by atoms with Gasteiger partial charge in [-0.05, 0) is 55.0 Å². The van der Waals surface area contributed by atoms with E-state index in [0.29, 0.717) is 28.0 Å². The van der Waals surface area contributed by atoms with Crippen LogP contribution in [0.2, 0.25) is 0 Å². The van der Waals surface area contributed by atoms with Gasteiger partial charge in [-0.15, -0.1) is 10.2 Å². The van der Waals surface area contributed by atoms with Crippen molar-refractivity contribution in [2.24, 2.45) is 0 Å². The van der Waals surface area contributed by atoms with Gasteiger partial charge in [0.05, 0.1) is 11.5 Å². The van der Waals surface area contributed by atoms with Crippen LogP contribution in [0.3, 0.4) is 0 Å². The number of nitro groups is 1. The highest BCUT2D eigenvalue weighted by Gasteiger charge is 2.18. The summed E-state index contributed by atoms with van der Waals surface area (Å²) < 4.78 is 16.3. The van der Waals surface area contributed by atoms with Gasteiger partial charge in [0.25, 0.3) is 11.6 Å². The molecule has 0 spiro atoms. The van der Waals surface area contributed by atoms with Gasteiger partial charge in [-0.1, -0.05) is 45.9 Å². The molecule has 0 saturated carbocycles. The first kappa shape index (κ1) is 24.6. The first-order valence-electron chi connectivity index (χ1n) is 10.4. The average Bonchev–Trinajstić information content (AvgIpc) is 3.25. The Labute approximate surface area is 212 Å². The van der Waals surface area contributed by atoms with Gasteiger partial charge in [0.2, 0.25) is 0 Å². The molecule has 11 heteroatoms. The Morgan fingerprint density at radius 3 is 2.51 bits per heavy atom. The molecule has 0 bridgehead atoms. The number of rotatable bonds is 8. The molecule has 35 heavy (non-hydrogen) atoms. The zero-order valence-electron chi connectivity index (χ0n) is 18.4. The monoisotopic (exact) mass is 555 g/mol. The second-order valence-electron chi connectivity index (χ2n) is 7.57. The first-order valence-corrected chi connectivity index (χ1v) is 12.2. The molecule has 178 valence electrons. The van der Waals surface area contributed by atoms with E-state index in [1.54, 1.807) is 23.6 Å². The van der Waals surface area contributed by atoms with E-state index in [1.165, 1.54) is 42.1 Å². The largest absolute Gasteiger partial charge is 0.345 e. The third kappa shape index (κ3) is 5.92. The molecule has 0 atom stereocenters. The molecule has 0 aliphatic heterocycles. The highest BCUT2D eigenvalue weighted by Crippen LogP contribution is 2.26. The summed E-state index contributed by atoms with van der Waals surface area (Å²) in [5.74, 6) is 0.212. The number of nitrogens with one attached hydrogen (secondary N) is 1. The van der Waals surface area contributed by atoms with Crippen molar-refractivity contribution < 1.29 is 14.1 Å². The maximum absolute atomic E-state index is 13.5. The normalized spacial score (nSPS) is 10.8. The Balaban J connectivity index is 1.56. The minimum absolute atomic E-state index is 0.0176. The Morgan fingerprint density at radius 1 is 1.11 bits per heavy atom. The number of hydrogen-bond acceptors (Lipinski definition) is 6. The van der Waals surface area contributed by atoms with Crippen LogP contribution in [-0.2, 0) is 12.3 Å². The molecule has 1 heterocycles. The summed E-state index contributed by atoms with van der Waals surface area (Å²) in [4.78, 5) is 23.4. The second kappa shape index (κ2) is 10.8. The number of aryl methyl sites for hydroxylation is 1. The fraction of sp³-hybridized carbons (Fsp3) is 0.125. The number of halogens is 2. The molecular weight excluding hydrogens is 537 g/mol. The molecule has 4 rings (SSSR count). The predicted molar refractivity (Wildman–Crippen MR) is 134 cm³/mol. The molecule has 1 aromatic heterocycles. The number of thioether (sulfide) groups is 1. The van der Waals surface area contributed by atoms with Gasteiger partial charge in [0, 0.05) is 33.1 Å². The van der Waals surface area contributed by atoms with Gasteiger partial charge in [-0.25, -0.2) is 4.39 Å². The van der Waals surface area contributed by atoms with Crippen molar-refractivity contribution in [1.82, 2.24) is 20.1 Å². The number of carbonyl (C=O) groups excluding carboxylic acids is 1. The number of aromatic nitrogens is 3. The van der Waals surface area contributed by atoms with E-state index in [-0.39, 0.29) is 23.6 Å². The fourth-order valence-corrected chi connectivity index (χ4v) is 4.49. The van der Waals surface area contributed by atoms with Crippen LogP contribution < -0.4 is 5.32 Å². The maximum Gasteiger partial charge on any atom is 0.273 e. The standard InChI is InChI=1S/C24H19BrFN5O3S/c1-15-2-5-17(12-21(15)31(33)34)23(32)27-13-22-28-29-24(30(22)20-10-8-19(26)9-11-20)35-14-16-3-6-18(25)7-4-16/h2-12H,13-14H2,1H3,(H,27,32). The van der Waals surface area contributed by atoms with Crippen molar-refractivity contribution in [1.29, 1.82) is 0 Å². The number of hydrogen-bond donors (Lipinski definition) is 1. The van der Waals surface area contributed by atoms with Crippen LogP contribution in [0.5, 0.6) is 0 Å². The van der Waals surface area contributed by atoms with E-state index in [4.69, 9.17) is 0 Å². The molecule has 0 unspecified atom stereocenters. The van der Waals surface area contributed by atoms with Crippen LogP contribution in [0, 0.1) is 22.9 Å². The van der Waals surface area contributed by atoms with Crippen molar-refractivity contribution >= 4 is 39.3 Å². The lowest BCUT2D eigenvalue weighted by molar-refractivity contribution is -0.385. The summed E-state index contributed by atoms with van der Waals surface area (Å²) in [7, 11) is 0. The number of benzene rings is 3. The van der Waals surface area contributed by atoms with Crippen molar-refractivity contribution in [3.8, 4) is 5.69 Å². The van der Waals surface area contributed by atoms with Gasteiger partial charge < -0.3 is 5.32 Å². The van der Waals surface area contributed by atoms with Crippen LogP contribution in [-0.4, -0.2) is 25.6 Å². The highest BCUT2D eigenvalue weighted by molar-refractivity contribution is 9.10. The summed E-state index contributed by atoms with van der Waals surface area (Å²) in [5, 5.41) is 23.0. The number of carbonyl (C=O) groups is 1. The molecule has 3 aromatic carbocycles. The maximum atomic E-state index is 13.5. The summed E-state index contributed by atoms with van der Waals surface area (Å²) in [6, 6.07) is 18.1. The molecule has 0 aliphatic carbocycles. The fourth-order valence-electron chi connectivity index (χ4n) is 3.30. The van der Waals surface area contributed by atoms with E-state index in [0.717, 1.165) is 10.0 Å². The number of nitrogens with zero attached hydrogens (tertiary/aromatic N) is 4. The summed E-state index contributed by atoms with van der Waals surface area (Å²) in [5.41, 5.74) is 2.24. The van der Waals surface area contributed by atoms with Crippen LogP contribution in [0.4, 0.5) is 10.1 Å². The molecule has 0 radical (unpaired) electrons. The van der Waals surface area contributed by atoms with Gasteiger partial charge in [0.1, 0.15) is 5.82 Å². The molecule has 8 nitrogen and oxygen atoms in total. The van der Waals surface area contributed by atoms with Crippen LogP contribution in [0.25, 0.3) is 5.69 Å². The van der Waals surface area contributed by atoms with Crippen molar-refractivity contribution in [3.05, 3.63) is 110 Å². The second-order valence-corrected chi connectivity index (χ2v) is 9.42. The predicted octanol–water partition coefficient (Wildman–Crippen LogP) is 5.61. The van der Waals surface area contributed by atoms with Crippen LogP contribution in [0.1, 0.15) is 27.3 Å². The first-order chi connectivity index (χ1) is 16.8. The Hall–Kier alpha value is -3.57. The van der Waals surface area contributed by atoms with Gasteiger partial charge >= 0.3 is 0 Å². The zero-order chi connectivity index (χ0) is 24.9. The summed E-state index contributed by atoms with van der Waals surface area (Å²) >= 11 is 4.88. The smallest absolute Gasteiger partial charge is 0.273 e. The number of nitro benzene ring substituents is 1. The van der Waals surface area contributed by atoms with Gasteiger partial charge in [-0.2, -0.15) is 0 Å². The molecule has 1 amide bonds. The minimum atomic E-state index is -0.522. The number of amides is 1. The van der Waals surface area contributed by atoms with E-state index >= 15 is 0 Å². The van der Waals surface area contributed by atoms with Gasteiger partial charge in [-0.3, -0.25) is 19.5 Å². The van der Waals surface area contributed by atoms with Crippen LogP contribution in [0.15, 0.2) is 76.4 Å². The average molecular weight is 556 g/mol. The molecule has 1 N–H and O–H groups in total. The lowest BCUT2D eigenvalue weighted by atomic mass is 10.1. The minimum Gasteiger partial charge on any atom is -0.345 e. The molecule has 0 saturated heterocycles. The lowest BCUT2D eigenvalue weighted by Crippen LogP contribution is -2.24. The SMILES string of the molecule is Cc1ccc(C(=O)NCc2nnc(SCc3ccc(Br)cc3)n2-c2ccc(F)cc2)cc1[N+](=O)[O-]. The summed E-state index contributed by atoms with van der Waals surface area (Å²) in [6.07, 6.45) is 0. The molecule has 0 aliphatic rings. The molecular formula is C24H19BrFN5O3S. The lowest BCUT2D eigenvalue weighted by Gasteiger charge is -2.11. The highest BCUT2D eigenvalue weighted by atomic mass is 79.9. The quantitative estimate of drug-likeness (QED) is 0.172. The van der Waals surface area contributed by atoms with Gasteiger partial charge in [0.15, 0.2) is 11.0 Å². The Morgan fingerprint density at radius 2 is 1.83 bits per heavy atom. The van der Waals surface area contributed by atoms with E-state index in [1.807, 2.05) is 24.3 Å². The third-order valence-electron chi connectivity index (χ3n) is 5.14. The Bertz CT molecular complexity index is 1380. The third-order valence-corrected chi connectivity index (χ3v) is 6.67. The zero-order valence-corrected chi connectivity index (χ0v) is 20.8. The van der Waals surface area contributed by atoms with E-state index in [9.17, 15) is 19.3 Å². The van der Waals surface area contributed by atoms with Crippen molar-refractivity contribution in [2.45, 2.75) is 24.4 Å². The van der Waals surface area contributed by atoms with E-state index < -0.39 is 10.8 Å². The molecule has 4 aromatic rings.